The highest BCUT2D eigenvalue weighted by Crippen LogP contribution is 2.38. The number of rotatable bonds is 5. The molecule has 1 atom stereocenters. The highest BCUT2D eigenvalue weighted by Gasteiger charge is 2.28. The molecule has 6 heteroatoms. The lowest BCUT2D eigenvalue weighted by atomic mass is 9.89. The highest BCUT2D eigenvalue weighted by atomic mass is 79.9. The van der Waals surface area contributed by atoms with Crippen LogP contribution in [0.4, 0.5) is 5.69 Å². The lowest BCUT2D eigenvalue weighted by Gasteiger charge is -2.36. The van der Waals surface area contributed by atoms with Gasteiger partial charge in [0.1, 0.15) is 5.65 Å². The third kappa shape index (κ3) is 4.09. The van der Waals surface area contributed by atoms with Crippen molar-refractivity contribution in [1.29, 1.82) is 0 Å². The van der Waals surface area contributed by atoms with Crippen LogP contribution in [0.15, 0.2) is 22.7 Å². The summed E-state index contributed by atoms with van der Waals surface area (Å²) in [5.41, 5.74) is 9.42. The molecule has 32 heavy (non-hydrogen) atoms. The number of benzene rings is 1. The van der Waals surface area contributed by atoms with Gasteiger partial charge in [-0.3, -0.25) is 4.57 Å². The molecule has 1 saturated heterocycles. The lowest BCUT2D eigenvalue weighted by Crippen LogP contribution is -2.38. The molecule has 3 heterocycles. The van der Waals surface area contributed by atoms with Crippen LogP contribution in [-0.4, -0.2) is 45.6 Å². The zero-order valence-electron chi connectivity index (χ0n) is 19.7. The maximum absolute atomic E-state index is 10.3. The number of halogens is 1. The van der Waals surface area contributed by atoms with Gasteiger partial charge in [0, 0.05) is 46.6 Å². The Morgan fingerprint density at radius 3 is 2.28 bits per heavy atom. The van der Waals surface area contributed by atoms with Gasteiger partial charge in [-0.15, -0.1) is 0 Å². The van der Waals surface area contributed by atoms with E-state index in [1.54, 1.807) is 0 Å². The molecule has 0 spiro atoms. The van der Waals surface area contributed by atoms with Gasteiger partial charge in [0.25, 0.3) is 0 Å². The lowest BCUT2D eigenvalue weighted by molar-refractivity contribution is 0.0671. The Labute approximate surface area is 199 Å². The number of pyridine rings is 1. The van der Waals surface area contributed by atoms with E-state index in [2.05, 4.69) is 78.2 Å². The first-order valence-corrected chi connectivity index (χ1v) is 12.3. The molecule has 1 fully saturated rings. The van der Waals surface area contributed by atoms with Crippen LogP contribution >= 0.6 is 15.9 Å². The number of anilines is 1. The molecule has 3 aromatic rings. The summed E-state index contributed by atoms with van der Waals surface area (Å²) >= 11 is 3.63. The molecule has 5 nitrogen and oxygen atoms in total. The smallest absolute Gasteiger partial charge is 0.147 e. The van der Waals surface area contributed by atoms with Gasteiger partial charge in [0.05, 0.1) is 11.8 Å². The molecule has 4 rings (SSSR count). The fraction of sp³-hybridized carbons (Fsp3) is 0.500. The largest absolute Gasteiger partial charge is 0.396 e. The predicted octanol–water partition coefficient (Wildman–Crippen LogP) is 5.29. The maximum atomic E-state index is 10.3. The monoisotopic (exact) mass is 499 g/mol. The summed E-state index contributed by atoms with van der Waals surface area (Å²) in [5.74, 6) is 0.261. The van der Waals surface area contributed by atoms with Crippen LogP contribution in [0.2, 0.25) is 0 Å². The fourth-order valence-corrected chi connectivity index (χ4v) is 6.03. The van der Waals surface area contributed by atoms with E-state index >= 15 is 0 Å². The van der Waals surface area contributed by atoms with Crippen molar-refractivity contribution in [1.82, 2.24) is 9.55 Å². The van der Waals surface area contributed by atoms with Crippen LogP contribution in [0.25, 0.3) is 16.7 Å². The first kappa shape index (κ1) is 23.3. The van der Waals surface area contributed by atoms with E-state index in [-0.39, 0.29) is 12.5 Å². The number of hydrogen-bond acceptors (Lipinski definition) is 4. The van der Waals surface area contributed by atoms with Crippen molar-refractivity contribution in [3.63, 3.8) is 0 Å². The Kier molecular flexibility index (Phi) is 6.66. The summed E-state index contributed by atoms with van der Waals surface area (Å²) in [6.07, 6.45) is 1.94. The number of aromatic nitrogens is 2. The minimum atomic E-state index is -0.408. The summed E-state index contributed by atoms with van der Waals surface area (Å²) < 4.78 is 3.42. The molecule has 0 radical (unpaired) electrons. The van der Waals surface area contributed by atoms with Crippen molar-refractivity contribution in [2.24, 2.45) is 5.92 Å². The maximum Gasteiger partial charge on any atom is 0.147 e. The number of aryl methyl sites for hydroxylation is 4. The highest BCUT2D eigenvalue weighted by molar-refractivity contribution is 9.10. The Morgan fingerprint density at radius 2 is 1.69 bits per heavy atom. The van der Waals surface area contributed by atoms with Crippen molar-refractivity contribution >= 4 is 32.7 Å². The van der Waals surface area contributed by atoms with Gasteiger partial charge in [0.15, 0.2) is 0 Å². The molecule has 1 aliphatic rings. The normalized spacial score (nSPS) is 16.2. The van der Waals surface area contributed by atoms with Crippen molar-refractivity contribution in [3.8, 4) is 5.69 Å². The van der Waals surface area contributed by atoms with Crippen molar-refractivity contribution < 1.29 is 10.2 Å². The van der Waals surface area contributed by atoms with Gasteiger partial charge >= 0.3 is 0 Å². The number of piperidine rings is 1. The molecule has 0 aliphatic carbocycles. The first-order valence-electron chi connectivity index (χ1n) is 11.5. The van der Waals surface area contributed by atoms with Gasteiger partial charge in [-0.1, -0.05) is 15.9 Å². The molecule has 1 aromatic carbocycles. The first-order chi connectivity index (χ1) is 15.2. The van der Waals surface area contributed by atoms with Crippen LogP contribution in [0.3, 0.4) is 0 Å². The number of aliphatic hydroxyl groups excluding tert-OH is 2. The van der Waals surface area contributed by atoms with Crippen LogP contribution in [0.5, 0.6) is 0 Å². The molecule has 1 unspecified atom stereocenters. The fourth-order valence-electron chi connectivity index (χ4n) is 5.34. The Hall–Kier alpha value is -1.89. The number of nitrogens with zero attached hydrogens (tertiary/aromatic N) is 3. The quantitative estimate of drug-likeness (QED) is 0.500. The van der Waals surface area contributed by atoms with Gasteiger partial charge in [-0.25, -0.2) is 4.98 Å². The number of aliphatic hydroxyl groups is 2. The molecule has 0 saturated carbocycles. The molecule has 2 aromatic heterocycles. The standard InChI is InChI=1S/C26H34BrN3O2/c1-15-12-21(27)13-16(2)25(15)30-19(5)18(4)24-22(14-17(3)28-26(24)30)29-9-6-20(7-10-29)23(32)8-11-31/h12-14,20,23,31-32H,6-11H2,1-5H3. The second kappa shape index (κ2) is 9.16. The topological polar surface area (TPSA) is 61.5 Å². The average Bonchev–Trinajstić information content (AvgIpc) is 2.98. The van der Waals surface area contributed by atoms with Crippen LogP contribution in [0, 0.1) is 40.5 Å². The zero-order valence-corrected chi connectivity index (χ0v) is 21.3. The van der Waals surface area contributed by atoms with Crippen molar-refractivity contribution in [3.05, 3.63) is 50.8 Å². The van der Waals surface area contributed by atoms with E-state index in [0.717, 1.165) is 41.7 Å². The van der Waals surface area contributed by atoms with E-state index in [4.69, 9.17) is 4.98 Å². The summed E-state index contributed by atoms with van der Waals surface area (Å²) in [5, 5.41) is 20.7. The number of fused-ring (bicyclic) bond motifs is 1. The van der Waals surface area contributed by atoms with E-state index in [0.29, 0.717) is 6.42 Å². The van der Waals surface area contributed by atoms with Crippen LogP contribution in [0.1, 0.15) is 47.3 Å². The summed E-state index contributed by atoms with van der Waals surface area (Å²) in [7, 11) is 0. The van der Waals surface area contributed by atoms with Crippen molar-refractivity contribution in [2.45, 2.75) is 60.0 Å². The Bertz CT molecular complexity index is 1120. The molecular weight excluding hydrogens is 466 g/mol. The van der Waals surface area contributed by atoms with Gasteiger partial charge in [-0.2, -0.15) is 0 Å². The van der Waals surface area contributed by atoms with E-state index in [9.17, 15) is 10.2 Å². The van der Waals surface area contributed by atoms with E-state index < -0.39 is 6.10 Å². The predicted molar refractivity (Wildman–Crippen MR) is 135 cm³/mol. The minimum absolute atomic E-state index is 0.0480. The Morgan fingerprint density at radius 1 is 1.06 bits per heavy atom. The van der Waals surface area contributed by atoms with Gasteiger partial charge in [-0.05, 0) is 94.7 Å². The van der Waals surface area contributed by atoms with E-state index in [1.165, 1.54) is 39.1 Å². The molecule has 0 bridgehead atoms. The minimum Gasteiger partial charge on any atom is -0.396 e. The third-order valence-electron chi connectivity index (χ3n) is 7.10. The van der Waals surface area contributed by atoms with E-state index in [1.807, 2.05) is 0 Å². The summed E-state index contributed by atoms with van der Waals surface area (Å²) in [6.45, 7) is 12.7. The third-order valence-corrected chi connectivity index (χ3v) is 7.56. The van der Waals surface area contributed by atoms with Gasteiger partial charge in [0.2, 0.25) is 0 Å². The Balaban J connectivity index is 1.80. The second-order valence-corrected chi connectivity index (χ2v) is 10.2. The molecule has 172 valence electrons. The SMILES string of the molecule is Cc1cc(N2CCC(C(O)CCO)CC2)c2c(C)c(C)n(-c3c(C)cc(Br)cc3C)c2n1. The van der Waals surface area contributed by atoms with Gasteiger partial charge < -0.3 is 15.1 Å². The average molecular weight is 500 g/mol. The molecule has 0 amide bonds. The van der Waals surface area contributed by atoms with Crippen LogP contribution < -0.4 is 4.90 Å². The summed E-state index contributed by atoms with van der Waals surface area (Å²) in [6, 6.07) is 6.55. The second-order valence-electron chi connectivity index (χ2n) is 9.32. The van der Waals surface area contributed by atoms with Crippen molar-refractivity contribution in [2.75, 3.05) is 24.6 Å². The molecule has 1 aliphatic heterocycles. The molecular formula is C26H34BrN3O2. The molecule has 2 N–H and O–H groups in total. The van der Waals surface area contributed by atoms with Crippen LogP contribution in [-0.2, 0) is 0 Å². The summed E-state index contributed by atoms with van der Waals surface area (Å²) in [4.78, 5) is 7.47. The zero-order chi connectivity index (χ0) is 23.2. The number of hydrogen-bond donors (Lipinski definition) is 2.